The molecular formula is C10H24NO2P. The summed E-state index contributed by atoms with van der Waals surface area (Å²) in [6.07, 6.45) is 0. The smallest absolute Gasteiger partial charge is 0.214 e. The van der Waals surface area contributed by atoms with Crippen molar-refractivity contribution in [3.8, 4) is 0 Å². The van der Waals surface area contributed by atoms with E-state index in [-0.39, 0.29) is 16.7 Å². The van der Waals surface area contributed by atoms with Gasteiger partial charge in [0.05, 0.1) is 5.78 Å². The zero-order valence-corrected chi connectivity index (χ0v) is 11.3. The van der Waals surface area contributed by atoms with Gasteiger partial charge in [-0.25, -0.2) is 0 Å². The van der Waals surface area contributed by atoms with E-state index in [0.717, 1.165) is 0 Å². The van der Waals surface area contributed by atoms with Crippen LogP contribution in [0.3, 0.4) is 0 Å². The van der Waals surface area contributed by atoms with Crippen molar-refractivity contribution in [2.75, 3.05) is 6.66 Å². The van der Waals surface area contributed by atoms with Crippen LogP contribution in [0, 0.1) is 5.41 Å². The molecule has 2 unspecified atom stereocenters. The predicted octanol–water partition coefficient (Wildman–Crippen LogP) is 2.65. The molecule has 0 saturated carbocycles. The number of hydrogen-bond acceptors (Lipinski definition) is 2. The molecule has 0 heterocycles. The summed E-state index contributed by atoms with van der Waals surface area (Å²) in [6.45, 7) is 13.3. The molecule has 0 aliphatic carbocycles. The first-order chi connectivity index (χ1) is 5.84. The Hall–Kier alpha value is 0.150. The summed E-state index contributed by atoms with van der Waals surface area (Å²) in [5.41, 5.74) is -0.362. The molecule has 0 aromatic carbocycles. The fourth-order valence-electron chi connectivity index (χ4n) is 1.47. The zero-order valence-electron chi connectivity index (χ0n) is 10.4. The van der Waals surface area contributed by atoms with Crippen molar-refractivity contribution in [1.29, 1.82) is 0 Å². The molecule has 14 heavy (non-hydrogen) atoms. The third kappa shape index (κ3) is 5.14. The minimum Gasteiger partial charge on any atom is -0.343 e. The van der Waals surface area contributed by atoms with Gasteiger partial charge >= 0.3 is 0 Å². The summed E-state index contributed by atoms with van der Waals surface area (Å²) >= 11 is 0. The first-order valence-electron chi connectivity index (χ1n) is 4.92. The molecule has 0 fully saturated rings. The second-order valence-corrected chi connectivity index (χ2v) is 8.51. The standard InChI is InChI=1S/C10H24NO2P/c1-9(2,3)8(14(7,12)13)11-10(4,5)6/h8,11H,1-7H3,(H,12,13). The van der Waals surface area contributed by atoms with Crippen LogP contribution in [-0.2, 0) is 4.57 Å². The van der Waals surface area contributed by atoms with Crippen LogP contribution in [-0.4, -0.2) is 22.9 Å². The lowest BCUT2D eigenvalue weighted by Crippen LogP contribution is -2.49. The zero-order chi connectivity index (χ0) is 11.8. The Labute approximate surface area is 87.7 Å². The van der Waals surface area contributed by atoms with E-state index in [1.54, 1.807) is 0 Å². The number of hydrogen-bond donors (Lipinski definition) is 2. The third-order valence-electron chi connectivity index (χ3n) is 1.87. The van der Waals surface area contributed by atoms with E-state index in [4.69, 9.17) is 0 Å². The largest absolute Gasteiger partial charge is 0.343 e. The fraction of sp³-hybridized carbons (Fsp3) is 1.00. The van der Waals surface area contributed by atoms with Gasteiger partial charge < -0.3 is 10.2 Å². The lowest BCUT2D eigenvalue weighted by atomic mass is 9.94. The van der Waals surface area contributed by atoms with E-state index in [0.29, 0.717) is 0 Å². The summed E-state index contributed by atoms with van der Waals surface area (Å²) in [5.74, 6) is -0.366. The molecule has 3 nitrogen and oxygen atoms in total. The van der Waals surface area contributed by atoms with Crippen LogP contribution in [0.5, 0.6) is 0 Å². The average molecular weight is 221 g/mol. The third-order valence-corrected chi connectivity index (χ3v) is 3.73. The van der Waals surface area contributed by atoms with Crippen LogP contribution < -0.4 is 5.32 Å². The van der Waals surface area contributed by atoms with E-state index >= 15 is 0 Å². The Morgan fingerprint density at radius 2 is 1.50 bits per heavy atom. The Kier molecular flexibility index (Phi) is 4.00. The quantitative estimate of drug-likeness (QED) is 0.705. The van der Waals surface area contributed by atoms with Gasteiger partial charge in [0.15, 0.2) is 0 Å². The Morgan fingerprint density at radius 1 is 1.14 bits per heavy atom. The van der Waals surface area contributed by atoms with Crippen molar-refractivity contribution in [2.45, 2.75) is 52.9 Å². The molecule has 0 saturated heterocycles. The van der Waals surface area contributed by atoms with Gasteiger partial charge in [-0.1, -0.05) is 20.8 Å². The highest BCUT2D eigenvalue weighted by Gasteiger charge is 2.38. The first-order valence-corrected chi connectivity index (χ1v) is 7.09. The Bertz CT molecular complexity index is 231. The van der Waals surface area contributed by atoms with Gasteiger partial charge in [-0.3, -0.25) is 4.57 Å². The van der Waals surface area contributed by atoms with E-state index in [2.05, 4.69) is 5.32 Å². The minimum absolute atomic E-state index is 0.146. The highest BCUT2D eigenvalue weighted by Crippen LogP contribution is 2.49. The first kappa shape index (κ1) is 14.2. The van der Waals surface area contributed by atoms with E-state index < -0.39 is 7.37 Å². The number of rotatable bonds is 2. The van der Waals surface area contributed by atoms with Crippen LogP contribution in [0.15, 0.2) is 0 Å². The molecule has 2 atom stereocenters. The molecule has 0 rings (SSSR count). The van der Waals surface area contributed by atoms with E-state index in [9.17, 15) is 9.46 Å². The average Bonchev–Trinajstić information content (AvgIpc) is 1.75. The monoisotopic (exact) mass is 221 g/mol. The molecule has 0 aliphatic rings. The predicted molar refractivity (Wildman–Crippen MR) is 61.9 cm³/mol. The topological polar surface area (TPSA) is 49.3 Å². The van der Waals surface area contributed by atoms with Crippen LogP contribution >= 0.6 is 7.37 Å². The second kappa shape index (κ2) is 3.96. The van der Waals surface area contributed by atoms with Crippen LogP contribution in [0.4, 0.5) is 0 Å². The van der Waals surface area contributed by atoms with Crippen molar-refractivity contribution < 1.29 is 9.46 Å². The summed E-state index contributed by atoms with van der Waals surface area (Å²) < 4.78 is 11.7. The highest BCUT2D eigenvalue weighted by atomic mass is 31.2. The van der Waals surface area contributed by atoms with Crippen molar-refractivity contribution in [1.82, 2.24) is 5.32 Å². The Balaban J connectivity index is 4.88. The highest BCUT2D eigenvalue weighted by molar-refractivity contribution is 7.57. The lowest BCUT2D eigenvalue weighted by molar-refractivity contribution is 0.262. The van der Waals surface area contributed by atoms with Crippen LogP contribution in [0.1, 0.15) is 41.5 Å². The molecule has 4 heteroatoms. The number of nitrogens with one attached hydrogen (secondary N) is 1. The molecular weight excluding hydrogens is 197 g/mol. The van der Waals surface area contributed by atoms with E-state index in [1.807, 2.05) is 41.5 Å². The molecule has 0 spiro atoms. The maximum atomic E-state index is 11.7. The van der Waals surface area contributed by atoms with Crippen molar-refractivity contribution in [3.63, 3.8) is 0 Å². The molecule has 86 valence electrons. The maximum Gasteiger partial charge on any atom is 0.214 e. The molecule has 0 aromatic heterocycles. The molecule has 0 aliphatic heterocycles. The molecule has 0 amide bonds. The molecule has 0 bridgehead atoms. The van der Waals surface area contributed by atoms with Gasteiger partial charge in [0.1, 0.15) is 0 Å². The lowest BCUT2D eigenvalue weighted by Gasteiger charge is -2.38. The van der Waals surface area contributed by atoms with Crippen LogP contribution in [0.2, 0.25) is 0 Å². The summed E-state index contributed by atoms with van der Waals surface area (Å²) in [4.78, 5) is 9.67. The van der Waals surface area contributed by atoms with E-state index in [1.165, 1.54) is 6.66 Å². The van der Waals surface area contributed by atoms with Gasteiger partial charge in [-0.2, -0.15) is 0 Å². The van der Waals surface area contributed by atoms with Gasteiger partial charge in [-0.05, 0) is 26.2 Å². The SMILES string of the molecule is CC(C)(C)NC(C(C)(C)C)P(C)(=O)O. The molecule has 2 N–H and O–H groups in total. The summed E-state index contributed by atoms with van der Waals surface area (Å²) in [5, 5.41) is 3.22. The van der Waals surface area contributed by atoms with Gasteiger partial charge in [-0.15, -0.1) is 0 Å². The van der Waals surface area contributed by atoms with Gasteiger partial charge in [0, 0.05) is 12.2 Å². The fourth-order valence-corrected chi connectivity index (χ4v) is 3.53. The van der Waals surface area contributed by atoms with Crippen LogP contribution in [0.25, 0.3) is 0 Å². The molecule has 0 aromatic rings. The van der Waals surface area contributed by atoms with Gasteiger partial charge in [0.2, 0.25) is 7.37 Å². The summed E-state index contributed by atoms with van der Waals surface area (Å²) in [6, 6.07) is 0. The Morgan fingerprint density at radius 3 is 1.57 bits per heavy atom. The molecule has 0 radical (unpaired) electrons. The maximum absolute atomic E-state index is 11.7. The minimum atomic E-state index is -3.10. The van der Waals surface area contributed by atoms with Gasteiger partial charge in [0.25, 0.3) is 0 Å². The van der Waals surface area contributed by atoms with Crippen molar-refractivity contribution in [3.05, 3.63) is 0 Å². The van der Waals surface area contributed by atoms with Crippen molar-refractivity contribution >= 4 is 7.37 Å². The normalized spacial score (nSPS) is 20.3. The summed E-state index contributed by atoms with van der Waals surface area (Å²) in [7, 11) is -3.10. The second-order valence-electron chi connectivity index (χ2n) is 6.11. The van der Waals surface area contributed by atoms with Crippen molar-refractivity contribution in [2.24, 2.45) is 5.41 Å².